The Morgan fingerprint density at radius 2 is 1.63 bits per heavy atom. The standard InChI is InChI=1S/C23H25N3O/c1-17-3-5-21(6-4-17)23(27)26-13-11-20(12-14-26)18-7-9-19(10-8-18)22-15-24-25(2)16-22/h3-10,15-16,20H,11-14H2,1-2H3. The van der Waals surface area contributed by atoms with Gasteiger partial charge in [-0.3, -0.25) is 9.48 Å². The van der Waals surface area contributed by atoms with E-state index in [2.05, 4.69) is 29.4 Å². The van der Waals surface area contributed by atoms with E-state index in [9.17, 15) is 4.79 Å². The van der Waals surface area contributed by atoms with Crippen LogP contribution in [-0.4, -0.2) is 33.7 Å². The van der Waals surface area contributed by atoms with E-state index >= 15 is 0 Å². The SMILES string of the molecule is Cc1ccc(C(=O)N2CCC(c3ccc(-c4cnn(C)c4)cc3)CC2)cc1. The summed E-state index contributed by atoms with van der Waals surface area (Å²) in [5.74, 6) is 0.676. The maximum atomic E-state index is 12.7. The molecular weight excluding hydrogens is 334 g/mol. The molecule has 4 heteroatoms. The summed E-state index contributed by atoms with van der Waals surface area (Å²) in [5.41, 5.74) is 5.67. The number of likely N-dealkylation sites (tertiary alicyclic amines) is 1. The van der Waals surface area contributed by atoms with Crippen molar-refractivity contribution in [2.24, 2.45) is 7.05 Å². The van der Waals surface area contributed by atoms with Crippen molar-refractivity contribution in [3.05, 3.63) is 77.6 Å². The van der Waals surface area contributed by atoms with Crippen molar-refractivity contribution in [3.63, 3.8) is 0 Å². The molecule has 138 valence electrons. The largest absolute Gasteiger partial charge is 0.339 e. The van der Waals surface area contributed by atoms with Gasteiger partial charge in [-0.15, -0.1) is 0 Å². The number of nitrogens with zero attached hydrogens (tertiary/aromatic N) is 3. The number of hydrogen-bond donors (Lipinski definition) is 0. The Kier molecular flexibility index (Phi) is 4.80. The van der Waals surface area contributed by atoms with Crippen molar-refractivity contribution in [1.82, 2.24) is 14.7 Å². The molecule has 1 saturated heterocycles. The van der Waals surface area contributed by atoms with Gasteiger partial charge in [0.05, 0.1) is 6.20 Å². The zero-order chi connectivity index (χ0) is 18.8. The lowest BCUT2D eigenvalue weighted by atomic mass is 9.88. The molecule has 3 aromatic rings. The first-order valence-corrected chi connectivity index (χ1v) is 9.55. The summed E-state index contributed by atoms with van der Waals surface area (Å²) >= 11 is 0. The molecule has 0 aliphatic carbocycles. The van der Waals surface area contributed by atoms with Crippen LogP contribution >= 0.6 is 0 Å². The van der Waals surface area contributed by atoms with Gasteiger partial charge in [-0.25, -0.2) is 0 Å². The Morgan fingerprint density at radius 1 is 0.963 bits per heavy atom. The van der Waals surface area contributed by atoms with Crippen LogP contribution < -0.4 is 0 Å². The highest BCUT2D eigenvalue weighted by molar-refractivity contribution is 5.94. The first-order chi connectivity index (χ1) is 13.1. The third-order valence-electron chi connectivity index (χ3n) is 5.50. The summed E-state index contributed by atoms with van der Waals surface area (Å²) < 4.78 is 1.82. The molecule has 1 aliphatic heterocycles. The normalized spacial score (nSPS) is 15.1. The van der Waals surface area contributed by atoms with Gasteiger partial charge in [-0.05, 0) is 48.9 Å². The fraction of sp³-hybridized carbons (Fsp3) is 0.304. The Labute approximate surface area is 160 Å². The second kappa shape index (κ2) is 7.39. The second-order valence-corrected chi connectivity index (χ2v) is 7.46. The summed E-state index contributed by atoms with van der Waals surface area (Å²) in [6.07, 6.45) is 5.96. The number of aromatic nitrogens is 2. The molecule has 0 unspecified atom stereocenters. The van der Waals surface area contributed by atoms with Gasteiger partial charge in [0.15, 0.2) is 0 Å². The molecule has 2 heterocycles. The molecule has 4 nitrogen and oxygen atoms in total. The van der Waals surface area contributed by atoms with E-state index in [1.54, 1.807) is 0 Å². The smallest absolute Gasteiger partial charge is 0.253 e. The molecule has 0 atom stereocenters. The minimum absolute atomic E-state index is 0.153. The van der Waals surface area contributed by atoms with Gasteiger partial charge < -0.3 is 4.90 Å². The lowest BCUT2D eigenvalue weighted by Gasteiger charge is -2.32. The van der Waals surface area contributed by atoms with Crippen molar-refractivity contribution in [2.75, 3.05) is 13.1 Å². The van der Waals surface area contributed by atoms with E-state index in [1.807, 2.05) is 60.2 Å². The monoisotopic (exact) mass is 359 g/mol. The predicted octanol–water partition coefficient (Wildman–Crippen LogP) is 4.42. The fourth-order valence-corrected chi connectivity index (χ4v) is 3.81. The average molecular weight is 359 g/mol. The van der Waals surface area contributed by atoms with E-state index in [-0.39, 0.29) is 5.91 Å². The van der Waals surface area contributed by atoms with Crippen molar-refractivity contribution >= 4 is 5.91 Å². The van der Waals surface area contributed by atoms with Gasteiger partial charge in [0.25, 0.3) is 5.91 Å². The molecule has 1 aromatic heterocycles. The molecular formula is C23H25N3O. The van der Waals surface area contributed by atoms with Crippen LogP contribution in [0.2, 0.25) is 0 Å². The number of amides is 1. The molecule has 0 saturated carbocycles. The number of hydrogen-bond acceptors (Lipinski definition) is 2. The molecule has 0 spiro atoms. The van der Waals surface area contributed by atoms with Crippen LogP contribution in [0.4, 0.5) is 0 Å². The van der Waals surface area contributed by atoms with E-state index in [4.69, 9.17) is 0 Å². The maximum Gasteiger partial charge on any atom is 0.253 e. The van der Waals surface area contributed by atoms with Crippen LogP contribution in [0.15, 0.2) is 60.9 Å². The third kappa shape index (κ3) is 3.80. The quantitative estimate of drug-likeness (QED) is 0.694. The van der Waals surface area contributed by atoms with Crippen LogP contribution in [0.3, 0.4) is 0 Å². The summed E-state index contributed by atoms with van der Waals surface area (Å²) in [6.45, 7) is 3.68. The van der Waals surface area contributed by atoms with Gasteiger partial charge in [-0.2, -0.15) is 5.10 Å². The molecule has 2 aromatic carbocycles. The minimum atomic E-state index is 0.153. The number of carbonyl (C=O) groups excluding carboxylic acids is 1. The lowest BCUT2D eigenvalue weighted by molar-refractivity contribution is 0.0713. The van der Waals surface area contributed by atoms with Gasteiger partial charge >= 0.3 is 0 Å². The first-order valence-electron chi connectivity index (χ1n) is 9.55. The van der Waals surface area contributed by atoms with Gasteiger partial charge in [0, 0.05) is 37.5 Å². The van der Waals surface area contributed by atoms with Crippen LogP contribution in [0.5, 0.6) is 0 Å². The summed E-state index contributed by atoms with van der Waals surface area (Å²) in [6, 6.07) is 16.7. The van der Waals surface area contributed by atoms with E-state index in [1.165, 1.54) is 16.7 Å². The number of piperidine rings is 1. The highest BCUT2D eigenvalue weighted by Gasteiger charge is 2.24. The van der Waals surface area contributed by atoms with Gasteiger partial charge in [-0.1, -0.05) is 42.0 Å². The predicted molar refractivity (Wildman–Crippen MR) is 108 cm³/mol. The minimum Gasteiger partial charge on any atom is -0.339 e. The second-order valence-electron chi connectivity index (χ2n) is 7.46. The molecule has 0 bridgehead atoms. The van der Waals surface area contributed by atoms with E-state index in [0.29, 0.717) is 5.92 Å². The van der Waals surface area contributed by atoms with E-state index in [0.717, 1.165) is 37.1 Å². The Hall–Kier alpha value is -2.88. The number of aryl methyl sites for hydroxylation is 2. The maximum absolute atomic E-state index is 12.7. The molecule has 1 fully saturated rings. The molecule has 1 aliphatic rings. The van der Waals surface area contributed by atoms with E-state index < -0.39 is 0 Å². The Balaban J connectivity index is 1.39. The van der Waals surface area contributed by atoms with Crippen LogP contribution in [0.25, 0.3) is 11.1 Å². The lowest BCUT2D eigenvalue weighted by Crippen LogP contribution is -2.37. The molecule has 27 heavy (non-hydrogen) atoms. The highest BCUT2D eigenvalue weighted by atomic mass is 16.2. The summed E-state index contributed by atoms with van der Waals surface area (Å²) in [4.78, 5) is 14.7. The van der Waals surface area contributed by atoms with Crippen molar-refractivity contribution in [2.45, 2.75) is 25.7 Å². The molecule has 0 radical (unpaired) electrons. The number of carbonyl (C=O) groups is 1. The first kappa shape index (κ1) is 17.5. The third-order valence-corrected chi connectivity index (χ3v) is 5.50. The number of rotatable bonds is 3. The molecule has 4 rings (SSSR count). The summed E-state index contributed by atoms with van der Waals surface area (Å²) in [7, 11) is 1.93. The Morgan fingerprint density at radius 3 is 2.22 bits per heavy atom. The fourth-order valence-electron chi connectivity index (χ4n) is 3.81. The van der Waals surface area contributed by atoms with Crippen LogP contribution in [0, 0.1) is 6.92 Å². The summed E-state index contributed by atoms with van der Waals surface area (Å²) in [5, 5.41) is 4.24. The van der Waals surface area contributed by atoms with Crippen molar-refractivity contribution in [1.29, 1.82) is 0 Å². The Bertz CT molecular complexity index is 917. The number of benzene rings is 2. The zero-order valence-corrected chi connectivity index (χ0v) is 15.9. The highest BCUT2D eigenvalue weighted by Crippen LogP contribution is 2.30. The van der Waals surface area contributed by atoms with Gasteiger partial charge in [0.2, 0.25) is 0 Å². The van der Waals surface area contributed by atoms with Crippen molar-refractivity contribution < 1.29 is 4.79 Å². The van der Waals surface area contributed by atoms with Crippen LogP contribution in [0.1, 0.15) is 40.2 Å². The van der Waals surface area contributed by atoms with Crippen molar-refractivity contribution in [3.8, 4) is 11.1 Å². The van der Waals surface area contributed by atoms with Gasteiger partial charge in [0.1, 0.15) is 0 Å². The molecule has 1 amide bonds. The van der Waals surface area contributed by atoms with Crippen LogP contribution in [-0.2, 0) is 7.05 Å². The average Bonchev–Trinajstić information content (AvgIpc) is 3.15. The topological polar surface area (TPSA) is 38.1 Å². The zero-order valence-electron chi connectivity index (χ0n) is 15.9. The molecule has 0 N–H and O–H groups in total.